The molecule has 0 radical (unpaired) electrons. The van der Waals surface area contributed by atoms with Gasteiger partial charge in [0.05, 0.1) is 17.1 Å². The molecule has 21 heavy (non-hydrogen) atoms. The van der Waals surface area contributed by atoms with Crippen LogP contribution in [0.25, 0.3) is 0 Å². The number of aromatic nitrogens is 1. The molecule has 1 aromatic rings. The molecule has 0 bridgehead atoms. The van der Waals surface area contributed by atoms with Gasteiger partial charge in [0.25, 0.3) is 5.91 Å². The molecule has 2 fully saturated rings. The van der Waals surface area contributed by atoms with E-state index in [1.807, 2.05) is 0 Å². The predicted octanol–water partition coefficient (Wildman–Crippen LogP) is -0.148. The van der Waals surface area contributed by atoms with E-state index in [0.717, 1.165) is 0 Å². The highest BCUT2D eigenvalue weighted by Gasteiger charge is 2.53. The molecule has 3 rings (SSSR count). The molecule has 7 heteroatoms. The molecule has 1 aromatic heterocycles. The Morgan fingerprint density at radius 1 is 1.57 bits per heavy atom. The number of aliphatic hydroxyl groups excluding tert-OH is 1. The van der Waals surface area contributed by atoms with E-state index in [1.165, 1.54) is 17.2 Å². The molecule has 112 valence electrons. The minimum absolute atomic E-state index is 0.120. The number of hydrogen-bond acceptors (Lipinski definition) is 4. The van der Waals surface area contributed by atoms with Crippen LogP contribution >= 0.6 is 0 Å². The first-order chi connectivity index (χ1) is 9.91. The van der Waals surface area contributed by atoms with Gasteiger partial charge in [-0.15, -0.1) is 0 Å². The lowest BCUT2D eigenvalue weighted by Gasteiger charge is -2.51. The number of nitrogens with one attached hydrogen (secondary N) is 1. The first-order valence-corrected chi connectivity index (χ1v) is 6.79. The molecule has 6 nitrogen and oxygen atoms in total. The van der Waals surface area contributed by atoms with Gasteiger partial charge >= 0.3 is 0 Å². The molecule has 0 aromatic carbocycles. The van der Waals surface area contributed by atoms with E-state index in [4.69, 9.17) is 0 Å². The van der Waals surface area contributed by atoms with Crippen LogP contribution in [0.4, 0.5) is 4.39 Å². The minimum Gasteiger partial charge on any atom is -0.391 e. The SMILES string of the molecule is Cc1cc(C(=O)N2CC3(CC(O)CNC3=O)C2)cnc1F. The average Bonchev–Trinajstić information content (AvgIpc) is 2.41. The fourth-order valence-corrected chi connectivity index (χ4v) is 2.97. The van der Waals surface area contributed by atoms with Crippen molar-refractivity contribution in [3.63, 3.8) is 0 Å². The number of carbonyl (C=O) groups excluding carboxylic acids is 2. The maximum absolute atomic E-state index is 13.1. The number of amides is 2. The van der Waals surface area contributed by atoms with E-state index in [0.29, 0.717) is 17.5 Å². The van der Waals surface area contributed by atoms with Crippen molar-refractivity contribution in [2.45, 2.75) is 19.4 Å². The third kappa shape index (κ3) is 2.27. The Labute approximate surface area is 121 Å². The topological polar surface area (TPSA) is 82.5 Å². The molecule has 2 saturated heterocycles. The van der Waals surface area contributed by atoms with Gasteiger partial charge < -0.3 is 15.3 Å². The lowest BCUT2D eigenvalue weighted by Crippen LogP contribution is -2.68. The van der Waals surface area contributed by atoms with Crippen LogP contribution in [0.5, 0.6) is 0 Å². The van der Waals surface area contributed by atoms with Crippen LogP contribution in [0.2, 0.25) is 0 Å². The van der Waals surface area contributed by atoms with Gasteiger partial charge in [0.15, 0.2) is 0 Å². The zero-order valence-corrected chi connectivity index (χ0v) is 11.6. The van der Waals surface area contributed by atoms with E-state index in [2.05, 4.69) is 10.3 Å². The highest BCUT2D eigenvalue weighted by molar-refractivity contribution is 5.97. The summed E-state index contributed by atoms with van der Waals surface area (Å²) >= 11 is 0. The second-order valence-electron chi connectivity index (χ2n) is 5.84. The molecule has 2 aliphatic rings. The number of hydrogen-bond donors (Lipinski definition) is 2. The largest absolute Gasteiger partial charge is 0.391 e. The van der Waals surface area contributed by atoms with E-state index < -0.39 is 17.5 Å². The van der Waals surface area contributed by atoms with Crippen molar-refractivity contribution >= 4 is 11.8 Å². The fraction of sp³-hybridized carbons (Fsp3) is 0.500. The number of likely N-dealkylation sites (tertiary alicyclic amines) is 1. The van der Waals surface area contributed by atoms with Crippen LogP contribution in [0, 0.1) is 18.3 Å². The lowest BCUT2D eigenvalue weighted by molar-refractivity contribution is -0.147. The number of pyridine rings is 1. The van der Waals surface area contributed by atoms with Gasteiger partial charge in [0, 0.05) is 31.4 Å². The first-order valence-electron chi connectivity index (χ1n) is 6.79. The molecule has 1 unspecified atom stereocenters. The van der Waals surface area contributed by atoms with Gasteiger partial charge in [-0.1, -0.05) is 0 Å². The molecular formula is C14H16FN3O3. The zero-order valence-electron chi connectivity index (χ0n) is 11.6. The number of piperidine rings is 1. The Kier molecular flexibility index (Phi) is 3.16. The Balaban J connectivity index is 1.71. The van der Waals surface area contributed by atoms with Crippen molar-refractivity contribution in [3.05, 3.63) is 29.3 Å². The van der Waals surface area contributed by atoms with Crippen molar-refractivity contribution in [3.8, 4) is 0 Å². The minimum atomic E-state index is -0.685. The van der Waals surface area contributed by atoms with Crippen molar-refractivity contribution in [2.75, 3.05) is 19.6 Å². The summed E-state index contributed by atoms with van der Waals surface area (Å²) in [6, 6.07) is 1.45. The first kappa shape index (κ1) is 13.9. The smallest absolute Gasteiger partial charge is 0.255 e. The van der Waals surface area contributed by atoms with Crippen molar-refractivity contribution < 1.29 is 19.1 Å². The summed E-state index contributed by atoms with van der Waals surface area (Å²) in [6.07, 6.45) is 0.990. The summed E-state index contributed by atoms with van der Waals surface area (Å²) in [6.45, 7) is 2.34. The van der Waals surface area contributed by atoms with Crippen LogP contribution < -0.4 is 5.32 Å². The predicted molar refractivity (Wildman–Crippen MR) is 70.9 cm³/mol. The second-order valence-corrected chi connectivity index (χ2v) is 5.84. The molecule has 0 saturated carbocycles. The van der Waals surface area contributed by atoms with Gasteiger partial charge in [-0.3, -0.25) is 9.59 Å². The number of aliphatic hydroxyl groups is 1. The second kappa shape index (κ2) is 4.77. The number of β-amino-alcohol motifs (C(OH)–C–C–N with tert-alkyl or cyclic N) is 1. The van der Waals surface area contributed by atoms with E-state index in [9.17, 15) is 19.1 Å². The lowest BCUT2D eigenvalue weighted by atomic mass is 9.72. The number of aryl methyl sites for hydroxylation is 1. The maximum atomic E-state index is 13.1. The summed E-state index contributed by atoms with van der Waals surface area (Å²) in [5, 5.41) is 12.3. The van der Waals surface area contributed by atoms with E-state index in [1.54, 1.807) is 6.92 Å². The average molecular weight is 293 g/mol. The summed E-state index contributed by atoms with van der Waals surface area (Å²) < 4.78 is 13.1. The number of carbonyl (C=O) groups is 2. The van der Waals surface area contributed by atoms with Gasteiger partial charge in [-0.2, -0.15) is 4.39 Å². The molecule has 2 amide bonds. The normalized spacial score (nSPS) is 23.7. The number of rotatable bonds is 1. The number of halogens is 1. The maximum Gasteiger partial charge on any atom is 0.255 e. The Morgan fingerprint density at radius 3 is 2.95 bits per heavy atom. The van der Waals surface area contributed by atoms with Crippen LogP contribution in [-0.2, 0) is 4.79 Å². The Bertz CT molecular complexity index is 613. The van der Waals surface area contributed by atoms with Gasteiger partial charge in [-0.25, -0.2) is 4.98 Å². The Morgan fingerprint density at radius 2 is 2.29 bits per heavy atom. The molecule has 1 spiro atoms. The van der Waals surface area contributed by atoms with Gasteiger partial charge in [0.2, 0.25) is 11.9 Å². The van der Waals surface area contributed by atoms with Crippen LogP contribution in [0.15, 0.2) is 12.3 Å². The van der Waals surface area contributed by atoms with E-state index in [-0.39, 0.29) is 31.4 Å². The summed E-state index contributed by atoms with van der Waals surface area (Å²) in [5.74, 6) is -0.990. The summed E-state index contributed by atoms with van der Waals surface area (Å²) in [7, 11) is 0. The molecule has 2 aliphatic heterocycles. The Hall–Kier alpha value is -2.02. The van der Waals surface area contributed by atoms with Crippen molar-refractivity contribution in [1.82, 2.24) is 15.2 Å². The monoisotopic (exact) mass is 293 g/mol. The van der Waals surface area contributed by atoms with Gasteiger partial charge in [-0.05, 0) is 19.4 Å². The van der Waals surface area contributed by atoms with Gasteiger partial charge in [0.1, 0.15) is 0 Å². The van der Waals surface area contributed by atoms with Crippen LogP contribution in [-0.4, -0.2) is 52.5 Å². The quantitative estimate of drug-likeness (QED) is 0.706. The highest BCUT2D eigenvalue weighted by atomic mass is 19.1. The van der Waals surface area contributed by atoms with Crippen LogP contribution in [0.1, 0.15) is 22.3 Å². The zero-order chi connectivity index (χ0) is 15.2. The fourth-order valence-electron chi connectivity index (χ4n) is 2.97. The third-order valence-corrected chi connectivity index (χ3v) is 4.14. The highest BCUT2D eigenvalue weighted by Crippen LogP contribution is 2.38. The third-order valence-electron chi connectivity index (χ3n) is 4.14. The number of nitrogens with zero attached hydrogens (tertiary/aromatic N) is 2. The molecule has 2 N–H and O–H groups in total. The van der Waals surface area contributed by atoms with E-state index >= 15 is 0 Å². The molecule has 0 aliphatic carbocycles. The molecular weight excluding hydrogens is 277 g/mol. The standard InChI is InChI=1S/C14H16FN3O3/c1-8-2-9(4-16-11(8)15)12(20)18-6-14(7-18)3-10(19)5-17-13(14)21/h2,4,10,19H,3,5-7H2,1H3,(H,17,21). The molecule has 1 atom stereocenters. The van der Waals surface area contributed by atoms with Crippen molar-refractivity contribution in [2.24, 2.45) is 5.41 Å². The molecule has 3 heterocycles. The summed E-state index contributed by atoms with van der Waals surface area (Å²) in [4.78, 5) is 29.3. The van der Waals surface area contributed by atoms with Crippen molar-refractivity contribution in [1.29, 1.82) is 0 Å². The summed E-state index contributed by atoms with van der Waals surface area (Å²) in [5.41, 5.74) is -0.0713. The van der Waals surface area contributed by atoms with Crippen LogP contribution in [0.3, 0.4) is 0 Å².